The second kappa shape index (κ2) is 4.39. The van der Waals surface area contributed by atoms with Gasteiger partial charge in [0.15, 0.2) is 0 Å². The summed E-state index contributed by atoms with van der Waals surface area (Å²) < 4.78 is 0.843. The molecule has 2 N–H and O–H groups in total. The molecule has 0 saturated carbocycles. The number of hydrogen-bond acceptors (Lipinski definition) is 3. The number of nitrogens with two attached hydrogens (primary N) is 1. The van der Waals surface area contributed by atoms with Gasteiger partial charge in [-0.05, 0) is 23.8 Å². The van der Waals surface area contributed by atoms with E-state index in [4.69, 9.17) is 5.73 Å². The summed E-state index contributed by atoms with van der Waals surface area (Å²) in [4.78, 5) is 25.2. The van der Waals surface area contributed by atoms with Gasteiger partial charge in [0.25, 0.3) is 0 Å². The molecule has 18 heavy (non-hydrogen) atoms. The Morgan fingerprint density at radius 2 is 2.00 bits per heavy atom. The first kappa shape index (κ1) is 13.1. The normalized spacial score (nSPS) is 18.5. The standard InChI is InChI=1S/C13H15BrN2O2/c1-13(2)6-11(17)16(12(13)18)7-8-3-9(14)5-10(15)4-8/h3-5H,6-7,15H2,1-2H3. The predicted molar refractivity (Wildman–Crippen MR) is 72.5 cm³/mol. The maximum atomic E-state index is 12.1. The number of nitrogens with zero attached hydrogens (tertiary/aromatic N) is 1. The minimum Gasteiger partial charge on any atom is -0.399 e. The Bertz CT molecular complexity index is 505. The Kier molecular flexibility index (Phi) is 3.19. The molecule has 1 saturated heterocycles. The van der Waals surface area contributed by atoms with E-state index in [0.29, 0.717) is 5.69 Å². The van der Waals surface area contributed by atoms with Crippen LogP contribution in [0.5, 0.6) is 0 Å². The summed E-state index contributed by atoms with van der Waals surface area (Å²) in [5, 5.41) is 0. The average Bonchev–Trinajstić information content (AvgIpc) is 2.39. The molecule has 96 valence electrons. The molecule has 0 atom stereocenters. The molecule has 1 fully saturated rings. The van der Waals surface area contributed by atoms with Crippen molar-refractivity contribution in [2.45, 2.75) is 26.8 Å². The third kappa shape index (κ3) is 2.41. The van der Waals surface area contributed by atoms with Gasteiger partial charge in [-0.1, -0.05) is 29.8 Å². The average molecular weight is 311 g/mol. The summed E-state index contributed by atoms with van der Waals surface area (Å²) in [5.74, 6) is -0.241. The van der Waals surface area contributed by atoms with Crippen molar-refractivity contribution in [3.05, 3.63) is 28.2 Å². The smallest absolute Gasteiger partial charge is 0.235 e. The van der Waals surface area contributed by atoms with Gasteiger partial charge in [-0.2, -0.15) is 0 Å². The van der Waals surface area contributed by atoms with Crippen molar-refractivity contribution in [1.82, 2.24) is 4.90 Å². The third-order valence-corrected chi connectivity index (χ3v) is 3.50. The second-order valence-corrected chi connectivity index (χ2v) is 6.15. The quantitative estimate of drug-likeness (QED) is 0.673. The monoisotopic (exact) mass is 310 g/mol. The lowest BCUT2D eigenvalue weighted by molar-refractivity contribution is -0.141. The lowest BCUT2D eigenvalue weighted by atomic mass is 9.92. The highest BCUT2D eigenvalue weighted by atomic mass is 79.9. The molecule has 0 aliphatic carbocycles. The molecule has 0 radical (unpaired) electrons. The van der Waals surface area contributed by atoms with Gasteiger partial charge in [-0.25, -0.2) is 0 Å². The number of nitrogen functional groups attached to an aromatic ring is 1. The van der Waals surface area contributed by atoms with Gasteiger partial charge >= 0.3 is 0 Å². The van der Waals surface area contributed by atoms with Crippen LogP contribution in [0, 0.1) is 5.41 Å². The van der Waals surface area contributed by atoms with E-state index in [1.165, 1.54) is 4.90 Å². The molecule has 0 unspecified atom stereocenters. The summed E-state index contributed by atoms with van der Waals surface area (Å²) in [5.41, 5.74) is 6.61. The molecule has 1 aliphatic rings. The van der Waals surface area contributed by atoms with E-state index < -0.39 is 5.41 Å². The van der Waals surface area contributed by atoms with E-state index in [9.17, 15) is 9.59 Å². The highest BCUT2D eigenvalue weighted by Crippen LogP contribution is 2.33. The van der Waals surface area contributed by atoms with Crippen LogP contribution in [0.25, 0.3) is 0 Å². The Morgan fingerprint density at radius 3 is 2.50 bits per heavy atom. The molecule has 1 heterocycles. The van der Waals surface area contributed by atoms with Crippen LogP contribution in [0.2, 0.25) is 0 Å². The summed E-state index contributed by atoms with van der Waals surface area (Å²) >= 11 is 3.35. The van der Waals surface area contributed by atoms with Crippen LogP contribution in [-0.2, 0) is 16.1 Å². The van der Waals surface area contributed by atoms with Crippen LogP contribution in [0.1, 0.15) is 25.8 Å². The number of likely N-dealkylation sites (tertiary alicyclic amines) is 1. The van der Waals surface area contributed by atoms with Crippen LogP contribution >= 0.6 is 15.9 Å². The first-order chi connectivity index (χ1) is 8.29. The predicted octanol–water partition coefficient (Wildman–Crippen LogP) is 2.32. The second-order valence-electron chi connectivity index (χ2n) is 5.24. The fourth-order valence-electron chi connectivity index (χ4n) is 2.14. The maximum absolute atomic E-state index is 12.1. The van der Waals surface area contributed by atoms with E-state index in [-0.39, 0.29) is 24.8 Å². The van der Waals surface area contributed by atoms with Crippen LogP contribution < -0.4 is 5.73 Å². The molecule has 5 heteroatoms. The number of carbonyl (C=O) groups is 2. The first-order valence-corrected chi connectivity index (χ1v) is 6.49. The highest BCUT2D eigenvalue weighted by Gasteiger charge is 2.44. The molecule has 1 aliphatic heterocycles. The Morgan fingerprint density at radius 1 is 1.33 bits per heavy atom. The molecule has 0 bridgehead atoms. The number of imide groups is 1. The van der Waals surface area contributed by atoms with Crippen molar-refractivity contribution in [2.75, 3.05) is 5.73 Å². The number of carbonyl (C=O) groups excluding carboxylic acids is 2. The summed E-state index contributed by atoms with van der Waals surface area (Å²) in [6.07, 6.45) is 0.273. The Hall–Kier alpha value is -1.36. The van der Waals surface area contributed by atoms with Gasteiger partial charge in [0.1, 0.15) is 0 Å². The van der Waals surface area contributed by atoms with E-state index in [2.05, 4.69) is 15.9 Å². The topological polar surface area (TPSA) is 63.4 Å². The van der Waals surface area contributed by atoms with Crippen LogP contribution in [0.3, 0.4) is 0 Å². The van der Waals surface area contributed by atoms with Gasteiger partial charge in [0.05, 0.1) is 12.0 Å². The molecular formula is C13H15BrN2O2. The zero-order valence-electron chi connectivity index (χ0n) is 10.4. The third-order valence-electron chi connectivity index (χ3n) is 3.04. The van der Waals surface area contributed by atoms with E-state index in [0.717, 1.165) is 10.0 Å². The van der Waals surface area contributed by atoms with Crippen LogP contribution in [0.15, 0.2) is 22.7 Å². The fourth-order valence-corrected chi connectivity index (χ4v) is 2.70. The lowest BCUT2D eigenvalue weighted by Crippen LogP contribution is -2.32. The van der Waals surface area contributed by atoms with E-state index in [1.54, 1.807) is 26.0 Å². The van der Waals surface area contributed by atoms with Gasteiger partial charge < -0.3 is 5.73 Å². The van der Waals surface area contributed by atoms with Gasteiger partial charge in [-0.15, -0.1) is 0 Å². The first-order valence-electron chi connectivity index (χ1n) is 5.69. The largest absolute Gasteiger partial charge is 0.399 e. The minimum absolute atomic E-state index is 0.119. The van der Waals surface area contributed by atoms with Crippen molar-refractivity contribution in [2.24, 2.45) is 5.41 Å². The molecular weight excluding hydrogens is 296 g/mol. The molecule has 4 nitrogen and oxygen atoms in total. The number of benzene rings is 1. The number of amides is 2. The molecule has 2 rings (SSSR count). The Balaban J connectivity index is 2.24. The maximum Gasteiger partial charge on any atom is 0.235 e. The van der Waals surface area contributed by atoms with Gasteiger partial charge in [-0.3, -0.25) is 14.5 Å². The number of halogens is 1. The van der Waals surface area contributed by atoms with Crippen LogP contribution in [0.4, 0.5) is 5.69 Å². The number of anilines is 1. The van der Waals surface area contributed by atoms with Crippen molar-refractivity contribution >= 4 is 33.4 Å². The highest BCUT2D eigenvalue weighted by molar-refractivity contribution is 9.10. The molecule has 1 aromatic carbocycles. The van der Waals surface area contributed by atoms with Crippen molar-refractivity contribution in [3.8, 4) is 0 Å². The number of rotatable bonds is 2. The zero-order chi connectivity index (χ0) is 13.5. The fraction of sp³-hybridized carbons (Fsp3) is 0.385. The van der Waals surface area contributed by atoms with Crippen molar-refractivity contribution < 1.29 is 9.59 Å². The van der Waals surface area contributed by atoms with Gasteiger partial charge in [0, 0.05) is 16.6 Å². The molecule has 1 aromatic rings. The zero-order valence-corrected chi connectivity index (χ0v) is 12.0. The van der Waals surface area contributed by atoms with Crippen molar-refractivity contribution in [1.29, 1.82) is 0 Å². The van der Waals surface area contributed by atoms with Crippen molar-refractivity contribution in [3.63, 3.8) is 0 Å². The summed E-state index contributed by atoms with van der Waals surface area (Å²) in [7, 11) is 0. The summed E-state index contributed by atoms with van der Waals surface area (Å²) in [6.45, 7) is 3.87. The lowest BCUT2D eigenvalue weighted by Gasteiger charge is -2.18. The van der Waals surface area contributed by atoms with E-state index in [1.807, 2.05) is 6.07 Å². The van der Waals surface area contributed by atoms with Crippen LogP contribution in [-0.4, -0.2) is 16.7 Å². The molecule has 0 aromatic heterocycles. The van der Waals surface area contributed by atoms with E-state index >= 15 is 0 Å². The number of hydrogen-bond donors (Lipinski definition) is 1. The summed E-state index contributed by atoms with van der Waals surface area (Å²) in [6, 6.07) is 5.42. The SMILES string of the molecule is CC1(C)CC(=O)N(Cc2cc(N)cc(Br)c2)C1=O. The van der Waals surface area contributed by atoms with Gasteiger partial charge in [0.2, 0.25) is 11.8 Å². The molecule has 0 spiro atoms. The molecule has 2 amide bonds. The minimum atomic E-state index is -0.589. The Labute approximate surface area is 114 Å².